The molecule has 1 saturated carbocycles. The first kappa shape index (κ1) is 30.8. The number of rotatable bonds is 13. The third kappa shape index (κ3) is 7.66. The minimum absolute atomic E-state index is 0.0491. The number of hydrogen-bond donors (Lipinski definition) is 1. The number of carbonyl (C=O) groups is 3. The molecule has 0 radical (unpaired) electrons. The molecule has 4 aromatic carbocycles. The van der Waals surface area contributed by atoms with Gasteiger partial charge in [0, 0.05) is 39.9 Å². The topological polar surface area (TPSA) is 84.9 Å². The largest absolute Gasteiger partial charge is 0.492 e. The van der Waals surface area contributed by atoms with Crippen molar-refractivity contribution >= 4 is 40.6 Å². The number of esters is 1. The van der Waals surface area contributed by atoms with Crippen LogP contribution in [0, 0.1) is 5.92 Å². The van der Waals surface area contributed by atoms with Gasteiger partial charge in [-0.1, -0.05) is 78.7 Å². The molecular formula is C36H35ClN2O5. The normalized spacial score (nSPS) is 13.3. The molecule has 1 atom stereocenters. The zero-order valence-electron chi connectivity index (χ0n) is 24.6. The number of anilines is 2. The number of ether oxygens (including phenoxy) is 2. The Morgan fingerprint density at radius 2 is 1.64 bits per heavy atom. The standard InChI is InChI=1S/C36H35ClN2O5/c1-43-36(42)33(38-32-16-6-5-15-31(32)34(40)26-9-3-2-4-10-26)23-25-17-19-30(20-18-25)44-22-21-39(35(41)27-11-7-12-27)29-14-8-13-28(37)24-29/h2-6,8-10,13-20,24,27,33,38H,7,11-12,21-23H2,1H3. The number of ketones is 1. The third-order valence-corrected chi connectivity index (χ3v) is 8.05. The van der Waals surface area contributed by atoms with Crippen molar-refractivity contribution in [2.24, 2.45) is 5.92 Å². The van der Waals surface area contributed by atoms with Crippen molar-refractivity contribution in [3.05, 3.63) is 125 Å². The van der Waals surface area contributed by atoms with Gasteiger partial charge in [-0.05, 0) is 60.9 Å². The van der Waals surface area contributed by atoms with E-state index in [1.165, 1.54) is 7.11 Å². The number of carbonyl (C=O) groups excluding carboxylic acids is 3. The Morgan fingerprint density at radius 3 is 2.32 bits per heavy atom. The highest BCUT2D eigenvalue weighted by Crippen LogP contribution is 2.31. The van der Waals surface area contributed by atoms with Crippen molar-refractivity contribution in [2.75, 3.05) is 30.5 Å². The van der Waals surface area contributed by atoms with Crippen LogP contribution in [0.3, 0.4) is 0 Å². The first-order valence-corrected chi connectivity index (χ1v) is 15.1. The lowest BCUT2D eigenvalue weighted by Crippen LogP contribution is -2.41. The van der Waals surface area contributed by atoms with Crippen molar-refractivity contribution in [1.82, 2.24) is 0 Å². The molecule has 5 rings (SSSR count). The van der Waals surface area contributed by atoms with Crippen LogP contribution in [-0.2, 0) is 20.7 Å². The number of amides is 1. The quantitative estimate of drug-likeness (QED) is 0.130. The molecule has 0 aliphatic heterocycles. The fourth-order valence-electron chi connectivity index (χ4n) is 5.17. The first-order valence-electron chi connectivity index (χ1n) is 14.7. The number of benzene rings is 4. The maximum Gasteiger partial charge on any atom is 0.328 e. The summed E-state index contributed by atoms with van der Waals surface area (Å²) in [6.07, 6.45) is 3.23. The average molecular weight is 611 g/mol. The lowest BCUT2D eigenvalue weighted by Gasteiger charge is -2.31. The van der Waals surface area contributed by atoms with E-state index in [9.17, 15) is 14.4 Å². The molecule has 0 bridgehead atoms. The van der Waals surface area contributed by atoms with Gasteiger partial charge in [-0.25, -0.2) is 4.79 Å². The summed E-state index contributed by atoms with van der Waals surface area (Å²) in [5, 5.41) is 3.81. The smallest absolute Gasteiger partial charge is 0.328 e. The maximum atomic E-state index is 13.2. The molecule has 8 heteroatoms. The Bertz CT molecular complexity index is 1590. The predicted octanol–water partition coefficient (Wildman–Crippen LogP) is 6.98. The molecule has 0 heterocycles. The molecular weight excluding hydrogens is 576 g/mol. The number of hydrogen-bond acceptors (Lipinski definition) is 6. The SMILES string of the molecule is COC(=O)C(Cc1ccc(OCCN(C(=O)C2CCC2)c2cccc(Cl)c2)cc1)Nc1ccccc1C(=O)c1ccccc1. The van der Waals surface area contributed by atoms with Gasteiger partial charge in [0.1, 0.15) is 18.4 Å². The zero-order valence-corrected chi connectivity index (χ0v) is 25.3. The van der Waals surface area contributed by atoms with Crippen LogP contribution in [0.5, 0.6) is 5.75 Å². The van der Waals surface area contributed by atoms with Crippen LogP contribution >= 0.6 is 11.6 Å². The van der Waals surface area contributed by atoms with Crippen LogP contribution in [0.1, 0.15) is 40.7 Å². The summed E-state index contributed by atoms with van der Waals surface area (Å²) in [7, 11) is 1.34. The highest BCUT2D eigenvalue weighted by atomic mass is 35.5. The molecule has 44 heavy (non-hydrogen) atoms. The maximum absolute atomic E-state index is 13.2. The van der Waals surface area contributed by atoms with E-state index in [0.29, 0.717) is 47.2 Å². The van der Waals surface area contributed by atoms with Crippen LogP contribution in [-0.4, -0.2) is 44.0 Å². The van der Waals surface area contributed by atoms with Gasteiger partial charge in [-0.2, -0.15) is 0 Å². The second kappa shape index (κ2) is 14.7. The zero-order chi connectivity index (χ0) is 30.9. The van der Waals surface area contributed by atoms with E-state index in [0.717, 1.165) is 30.5 Å². The van der Waals surface area contributed by atoms with Gasteiger partial charge in [0.25, 0.3) is 0 Å². The van der Waals surface area contributed by atoms with Crippen LogP contribution in [0.15, 0.2) is 103 Å². The summed E-state index contributed by atoms with van der Waals surface area (Å²) in [5.74, 6) is 0.225. The third-order valence-electron chi connectivity index (χ3n) is 7.81. The number of nitrogens with zero attached hydrogens (tertiary/aromatic N) is 1. The van der Waals surface area contributed by atoms with Crippen molar-refractivity contribution < 1.29 is 23.9 Å². The number of para-hydroxylation sites is 1. The van der Waals surface area contributed by atoms with Crippen molar-refractivity contribution in [3.63, 3.8) is 0 Å². The molecule has 1 N–H and O–H groups in total. The summed E-state index contributed by atoms with van der Waals surface area (Å²) < 4.78 is 11.1. The van der Waals surface area contributed by atoms with E-state index in [4.69, 9.17) is 21.1 Å². The van der Waals surface area contributed by atoms with Gasteiger partial charge in [-0.15, -0.1) is 0 Å². The highest BCUT2D eigenvalue weighted by Gasteiger charge is 2.30. The number of halogens is 1. The van der Waals surface area contributed by atoms with Crippen LogP contribution < -0.4 is 15.0 Å². The molecule has 1 unspecified atom stereocenters. The summed E-state index contributed by atoms with van der Waals surface area (Å²) >= 11 is 6.21. The van der Waals surface area contributed by atoms with Crippen LogP contribution in [0.4, 0.5) is 11.4 Å². The van der Waals surface area contributed by atoms with Gasteiger partial charge in [0.05, 0.1) is 13.7 Å². The summed E-state index contributed by atoms with van der Waals surface area (Å²) in [4.78, 5) is 40.9. The minimum atomic E-state index is -0.722. The number of methoxy groups -OCH3 is 1. The van der Waals surface area contributed by atoms with E-state index in [2.05, 4.69) is 5.32 Å². The Labute approximate surface area is 262 Å². The summed E-state index contributed by atoms with van der Waals surface area (Å²) in [6.45, 7) is 0.704. The second-order valence-corrected chi connectivity index (χ2v) is 11.2. The number of nitrogens with one attached hydrogen (secondary N) is 1. The van der Waals surface area contributed by atoms with Gasteiger partial charge in [-0.3, -0.25) is 9.59 Å². The molecule has 4 aromatic rings. The fourth-order valence-corrected chi connectivity index (χ4v) is 5.36. The Kier molecular flexibility index (Phi) is 10.3. The first-order chi connectivity index (χ1) is 21.4. The van der Waals surface area contributed by atoms with E-state index in [1.807, 2.05) is 60.7 Å². The average Bonchev–Trinajstić information content (AvgIpc) is 3.02. The van der Waals surface area contributed by atoms with E-state index >= 15 is 0 Å². The minimum Gasteiger partial charge on any atom is -0.492 e. The summed E-state index contributed by atoms with van der Waals surface area (Å²) in [5.41, 5.74) is 3.24. The molecule has 1 aliphatic carbocycles. The van der Waals surface area contributed by atoms with E-state index in [-0.39, 0.29) is 17.6 Å². The highest BCUT2D eigenvalue weighted by molar-refractivity contribution is 6.30. The molecule has 1 fully saturated rings. The lowest BCUT2D eigenvalue weighted by molar-refractivity contribution is -0.141. The summed E-state index contributed by atoms with van der Waals surface area (Å²) in [6, 6.07) is 30.2. The molecule has 0 aromatic heterocycles. The Balaban J connectivity index is 1.23. The van der Waals surface area contributed by atoms with Crippen molar-refractivity contribution in [1.29, 1.82) is 0 Å². The van der Waals surface area contributed by atoms with E-state index in [1.54, 1.807) is 47.4 Å². The van der Waals surface area contributed by atoms with Crippen molar-refractivity contribution in [3.8, 4) is 5.75 Å². The molecule has 1 aliphatic rings. The van der Waals surface area contributed by atoms with Gasteiger partial charge in [0.2, 0.25) is 5.91 Å². The lowest BCUT2D eigenvalue weighted by atomic mass is 9.84. The molecule has 0 saturated heterocycles. The molecule has 7 nitrogen and oxygen atoms in total. The van der Waals surface area contributed by atoms with Gasteiger partial charge < -0.3 is 19.7 Å². The predicted molar refractivity (Wildman–Crippen MR) is 173 cm³/mol. The Morgan fingerprint density at radius 1 is 0.909 bits per heavy atom. The monoisotopic (exact) mass is 610 g/mol. The molecule has 0 spiro atoms. The van der Waals surface area contributed by atoms with E-state index < -0.39 is 12.0 Å². The second-order valence-electron chi connectivity index (χ2n) is 10.8. The van der Waals surface area contributed by atoms with Crippen LogP contribution in [0.25, 0.3) is 0 Å². The van der Waals surface area contributed by atoms with Crippen molar-refractivity contribution in [2.45, 2.75) is 31.7 Å². The van der Waals surface area contributed by atoms with Gasteiger partial charge in [0.15, 0.2) is 5.78 Å². The molecule has 226 valence electrons. The fraction of sp³-hybridized carbons (Fsp3) is 0.250. The van der Waals surface area contributed by atoms with Crippen LogP contribution in [0.2, 0.25) is 5.02 Å². The Hall–Kier alpha value is -4.62. The molecule has 1 amide bonds. The van der Waals surface area contributed by atoms with Gasteiger partial charge >= 0.3 is 5.97 Å².